The van der Waals surface area contributed by atoms with Gasteiger partial charge in [-0.05, 0) is 37.6 Å². The first-order chi connectivity index (χ1) is 13.4. The number of halogens is 1. The number of nitrogens with zero attached hydrogens (tertiary/aromatic N) is 3. The van der Waals surface area contributed by atoms with Crippen LogP contribution in [0.5, 0.6) is 0 Å². The molecule has 0 aliphatic carbocycles. The zero-order chi connectivity index (χ0) is 20.5. The van der Waals surface area contributed by atoms with E-state index in [1.165, 1.54) is 11.3 Å². The molecule has 9 nitrogen and oxygen atoms in total. The third kappa shape index (κ3) is 5.98. The zero-order valence-corrected chi connectivity index (χ0v) is 16.5. The summed E-state index contributed by atoms with van der Waals surface area (Å²) in [5.74, 6) is -0.822. The van der Waals surface area contributed by atoms with Crippen LogP contribution >= 0.6 is 11.6 Å². The second-order valence-electron chi connectivity index (χ2n) is 5.78. The molecule has 0 bridgehead atoms. The van der Waals surface area contributed by atoms with Crippen LogP contribution in [0.15, 0.2) is 30.5 Å². The number of anilines is 3. The molecule has 0 aliphatic rings. The predicted molar refractivity (Wildman–Crippen MR) is 108 cm³/mol. The minimum atomic E-state index is -0.715. The first-order valence-electron chi connectivity index (χ1n) is 8.87. The van der Waals surface area contributed by atoms with E-state index in [-0.39, 0.29) is 17.3 Å². The molecule has 1 aromatic carbocycles. The highest BCUT2D eigenvalue weighted by atomic mass is 35.5. The minimum absolute atomic E-state index is 0.00639. The van der Waals surface area contributed by atoms with Gasteiger partial charge < -0.3 is 15.9 Å². The summed E-state index contributed by atoms with van der Waals surface area (Å²) in [6, 6.07) is 6.39. The molecule has 2 aromatic rings. The van der Waals surface area contributed by atoms with Gasteiger partial charge in [-0.2, -0.15) is 4.98 Å². The van der Waals surface area contributed by atoms with Crippen LogP contribution in [0, 0.1) is 0 Å². The smallest absolute Gasteiger partial charge is 0.368 e. The lowest BCUT2D eigenvalue weighted by Crippen LogP contribution is -2.30. The number of hydrogen-bond acceptors (Lipinski definition) is 7. The molecule has 0 saturated heterocycles. The fraction of sp³-hybridized carbons (Fsp3) is 0.333. The number of hydrogen-bond donors (Lipinski definition) is 3. The van der Waals surface area contributed by atoms with Gasteiger partial charge >= 0.3 is 12.0 Å². The number of carbonyl (C=O) groups is 2. The molecule has 0 atom stereocenters. The molecule has 2 rings (SSSR count). The standard InChI is InChI=1S/C18H23ClN6O3/c1-3-5-10-21-18(27)24-17-22-11-14(15(20)23-17)16(26)28-25(4-2)13-8-6-12(19)7-9-13/h6-9,11H,3-5,10H2,1-2H3,(H4,20,21,22,23,24,27). The number of aromatic nitrogens is 2. The Hall–Kier alpha value is -3.07. The van der Waals surface area contributed by atoms with E-state index in [4.69, 9.17) is 22.2 Å². The van der Waals surface area contributed by atoms with Crippen molar-refractivity contribution in [3.05, 3.63) is 41.0 Å². The van der Waals surface area contributed by atoms with Crippen molar-refractivity contribution in [3.63, 3.8) is 0 Å². The molecular weight excluding hydrogens is 384 g/mol. The van der Waals surface area contributed by atoms with Crippen LogP contribution < -0.4 is 21.4 Å². The average molecular weight is 407 g/mol. The van der Waals surface area contributed by atoms with E-state index in [0.717, 1.165) is 12.8 Å². The Balaban J connectivity index is 2.03. The first-order valence-corrected chi connectivity index (χ1v) is 9.25. The highest BCUT2D eigenvalue weighted by Crippen LogP contribution is 2.20. The third-order valence-corrected chi connectivity index (χ3v) is 3.93. The van der Waals surface area contributed by atoms with Gasteiger partial charge in [-0.25, -0.2) is 19.6 Å². The molecule has 0 aliphatic heterocycles. The number of rotatable bonds is 8. The summed E-state index contributed by atoms with van der Waals surface area (Å²) in [6.07, 6.45) is 3.04. The number of urea groups is 1. The maximum atomic E-state index is 12.4. The summed E-state index contributed by atoms with van der Waals surface area (Å²) in [7, 11) is 0. The van der Waals surface area contributed by atoms with Gasteiger partial charge in [0.15, 0.2) is 0 Å². The quantitative estimate of drug-likeness (QED) is 0.454. The molecule has 0 radical (unpaired) electrons. The van der Waals surface area contributed by atoms with Crippen molar-refractivity contribution in [1.82, 2.24) is 15.3 Å². The Labute approximate surface area is 168 Å². The topological polar surface area (TPSA) is 122 Å². The van der Waals surface area contributed by atoms with E-state index in [0.29, 0.717) is 23.8 Å². The molecule has 0 saturated carbocycles. The molecule has 2 amide bonds. The Morgan fingerprint density at radius 1 is 1.25 bits per heavy atom. The van der Waals surface area contributed by atoms with E-state index in [1.807, 2.05) is 13.8 Å². The maximum absolute atomic E-state index is 12.4. The summed E-state index contributed by atoms with van der Waals surface area (Å²) >= 11 is 5.87. The highest BCUT2D eigenvalue weighted by Gasteiger charge is 2.19. The molecular formula is C18H23ClN6O3. The lowest BCUT2D eigenvalue weighted by Gasteiger charge is -2.21. The number of nitrogen functional groups attached to an aromatic ring is 1. The number of carbonyl (C=O) groups excluding carboxylic acids is 2. The lowest BCUT2D eigenvalue weighted by molar-refractivity contribution is 0.0456. The highest BCUT2D eigenvalue weighted by molar-refractivity contribution is 6.30. The van der Waals surface area contributed by atoms with Gasteiger partial charge in [0.2, 0.25) is 5.95 Å². The van der Waals surface area contributed by atoms with Gasteiger partial charge in [0.05, 0.1) is 12.2 Å². The van der Waals surface area contributed by atoms with Crippen molar-refractivity contribution >= 4 is 41.1 Å². The van der Waals surface area contributed by atoms with E-state index in [1.54, 1.807) is 24.3 Å². The van der Waals surface area contributed by atoms with Gasteiger partial charge in [0.1, 0.15) is 11.4 Å². The van der Waals surface area contributed by atoms with Gasteiger partial charge in [-0.15, -0.1) is 0 Å². The molecule has 28 heavy (non-hydrogen) atoms. The molecule has 4 N–H and O–H groups in total. The third-order valence-electron chi connectivity index (χ3n) is 3.67. The Bertz CT molecular complexity index is 815. The summed E-state index contributed by atoms with van der Waals surface area (Å²) in [5, 5.41) is 7.10. The molecule has 10 heteroatoms. The van der Waals surface area contributed by atoms with Gasteiger partial charge in [-0.3, -0.25) is 5.32 Å². The lowest BCUT2D eigenvalue weighted by atomic mass is 10.3. The molecule has 0 unspecified atom stereocenters. The van der Waals surface area contributed by atoms with Crippen LogP contribution in [0.1, 0.15) is 37.0 Å². The first kappa shape index (κ1) is 21.2. The zero-order valence-electron chi connectivity index (χ0n) is 15.7. The second kappa shape index (κ2) is 10.3. The molecule has 0 fully saturated rings. The van der Waals surface area contributed by atoms with Gasteiger partial charge in [-0.1, -0.05) is 24.9 Å². The molecule has 1 heterocycles. The Morgan fingerprint density at radius 2 is 1.96 bits per heavy atom. The fourth-order valence-electron chi connectivity index (χ4n) is 2.19. The van der Waals surface area contributed by atoms with Gasteiger partial charge in [0.25, 0.3) is 0 Å². The van der Waals surface area contributed by atoms with E-state index >= 15 is 0 Å². The fourth-order valence-corrected chi connectivity index (χ4v) is 2.32. The predicted octanol–water partition coefficient (Wildman–Crippen LogP) is 3.23. The van der Waals surface area contributed by atoms with Crippen molar-refractivity contribution in [3.8, 4) is 0 Å². The number of amides is 2. The molecule has 150 valence electrons. The van der Waals surface area contributed by atoms with E-state index in [2.05, 4.69) is 20.6 Å². The average Bonchev–Trinajstić information content (AvgIpc) is 2.67. The normalized spacial score (nSPS) is 10.2. The maximum Gasteiger partial charge on any atom is 0.368 e. The van der Waals surface area contributed by atoms with Crippen LogP contribution in [0.4, 0.5) is 22.2 Å². The number of nitrogens with two attached hydrogens (primary N) is 1. The number of hydroxylamine groups is 1. The number of benzene rings is 1. The van der Waals surface area contributed by atoms with Crippen molar-refractivity contribution in [2.45, 2.75) is 26.7 Å². The molecule has 0 spiro atoms. The second-order valence-corrected chi connectivity index (χ2v) is 6.21. The van der Waals surface area contributed by atoms with Crippen molar-refractivity contribution in [1.29, 1.82) is 0 Å². The van der Waals surface area contributed by atoms with E-state index < -0.39 is 12.0 Å². The van der Waals surface area contributed by atoms with Crippen molar-refractivity contribution in [2.24, 2.45) is 0 Å². The van der Waals surface area contributed by atoms with E-state index in [9.17, 15) is 9.59 Å². The Morgan fingerprint density at radius 3 is 2.57 bits per heavy atom. The van der Waals surface area contributed by atoms with Crippen LogP contribution in [0.25, 0.3) is 0 Å². The molecule has 1 aromatic heterocycles. The summed E-state index contributed by atoms with van der Waals surface area (Å²) in [6.45, 7) is 4.80. The summed E-state index contributed by atoms with van der Waals surface area (Å²) in [5.41, 5.74) is 6.48. The number of unbranched alkanes of at least 4 members (excludes halogenated alkanes) is 1. The SMILES string of the molecule is CCCCNC(=O)Nc1ncc(C(=O)ON(CC)c2ccc(Cl)cc2)c(N)n1. The van der Waals surface area contributed by atoms with Crippen LogP contribution in [0.3, 0.4) is 0 Å². The monoisotopic (exact) mass is 406 g/mol. The Kier molecular flexibility index (Phi) is 7.82. The van der Waals surface area contributed by atoms with Gasteiger partial charge in [0, 0.05) is 17.8 Å². The van der Waals surface area contributed by atoms with Crippen LogP contribution in [-0.2, 0) is 4.84 Å². The van der Waals surface area contributed by atoms with Crippen LogP contribution in [0.2, 0.25) is 5.02 Å². The van der Waals surface area contributed by atoms with Crippen molar-refractivity contribution < 1.29 is 14.4 Å². The largest absolute Gasteiger partial charge is 0.383 e. The minimum Gasteiger partial charge on any atom is -0.383 e. The summed E-state index contributed by atoms with van der Waals surface area (Å²) in [4.78, 5) is 37.4. The van der Waals surface area contributed by atoms with Crippen molar-refractivity contribution in [2.75, 3.05) is 29.2 Å². The van der Waals surface area contributed by atoms with Crippen LogP contribution in [-0.4, -0.2) is 35.1 Å². The summed E-state index contributed by atoms with van der Waals surface area (Å²) < 4.78 is 0. The number of nitrogens with one attached hydrogen (secondary N) is 2.